The van der Waals surface area contributed by atoms with E-state index in [9.17, 15) is 23.1 Å². The van der Waals surface area contributed by atoms with Gasteiger partial charge in [0, 0.05) is 30.4 Å². The Bertz CT molecular complexity index is 1360. The molecule has 2 aromatic carbocycles. The SMILES string of the molecule is O=C(NC1CCOCC1)C(O)c1ccc(-c2noc(-c3onc(-c4ccccc4)c3C(F)(F)F)n2)cc1. The standard InChI is InChI=1S/C25H21F3N4O5/c26-25(27,28)18-19(14-4-2-1-3-5-14)31-36-21(18)24-30-22(32-37-24)16-8-6-15(7-9-16)20(33)23(34)29-17-10-12-35-13-11-17/h1-9,17,20,33H,10-13H2,(H,29,34). The van der Waals surface area contributed by atoms with Gasteiger partial charge in [0.15, 0.2) is 6.10 Å². The van der Waals surface area contributed by atoms with E-state index in [4.69, 9.17) is 13.8 Å². The van der Waals surface area contributed by atoms with Crippen LogP contribution < -0.4 is 5.32 Å². The first-order chi connectivity index (χ1) is 17.8. The second kappa shape index (κ2) is 10.1. The van der Waals surface area contributed by atoms with Gasteiger partial charge >= 0.3 is 6.18 Å². The Hall–Kier alpha value is -4.03. The molecule has 3 heterocycles. The minimum atomic E-state index is -4.79. The Morgan fingerprint density at radius 2 is 1.68 bits per heavy atom. The highest BCUT2D eigenvalue weighted by atomic mass is 19.4. The molecule has 0 saturated carbocycles. The molecule has 192 valence electrons. The average Bonchev–Trinajstić information content (AvgIpc) is 3.57. The number of hydrogen-bond acceptors (Lipinski definition) is 8. The van der Waals surface area contributed by atoms with E-state index in [1.807, 2.05) is 0 Å². The van der Waals surface area contributed by atoms with Crippen LogP contribution in [0.5, 0.6) is 0 Å². The third kappa shape index (κ3) is 5.25. The quantitative estimate of drug-likeness (QED) is 0.388. The number of aliphatic hydroxyl groups excluding tert-OH is 1. The molecule has 9 nitrogen and oxygen atoms in total. The van der Waals surface area contributed by atoms with Crippen LogP contribution in [-0.2, 0) is 15.7 Å². The number of nitrogens with one attached hydrogen (secondary N) is 1. The number of nitrogens with zero attached hydrogens (tertiary/aromatic N) is 3. The van der Waals surface area contributed by atoms with Gasteiger partial charge in [-0.2, -0.15) is 18.2 Å². The van der Waals surface area contributed by atoms with Crippen LogP contribution in [-0.4, -0.2) is 45.6 Å². The van der Waals surface area contributed by atoms with Crippen molar-refractivity contribution < 1.29 is 36.9 Å². The maximum absolute atomic E-state index is 13.9. The number of benzene rings is 2. The molecule has 2 aromatic heterocycles. The molecule has 1 fully saturated rings. The molecule has 1 saturated heterocycles. The highest BCUT2D eigenvalue weighted by Crippen LogP contribution is 2.43. The fourth-order valence-corrected chi connectivity index (χ4v) is 4.01. The monoisotopic (exact) mass is 514 g/mol. The highest BCUT2D eigenvalue weighted by Gasteiger charge is 2.43. The summed E-state index contributed by atoms with van der Waals surface area (Å²) in [5.41, 5.74) is -0.561. The second-order valence-electron chi connectivity index (χ2n) is 8.44. The summed E-state index contributed by atoms with van der Waals surface area (Å²) in [5.74, 6) is -1.71. The number of rotatable bonds is 6. The average molecular weight is 514 g/mol. The van der Waals surface area contributed by atoms with Crippen LogP contribution >= 0.6 is 0 Å². The summed E-state index contributed by atoms with van der Waals surface area (Å²) in [6.07, 6.45) is -4.84. The molecule has 4 aromatic rings. The number of ether oxygens (including phenoxy) is 1. The van der Waals surface area contributed by atoms with Crippen molar-refractivity contribution in [2.45, 2.75) is 31.2 Å². The van der Waals surface area contributed by atoms with E-state index in [1.54, 1.807) is 18.2 Å². The predicted octanol–water partition coefficient (Wildman–Crippen LogP) is 4.41. The smallest absolute Gasteiger partial charge is 0.381 e. The van der Waals surface area contributed by atoms with Crippen molar-refractivity contribution in [2.75, 3.05) is 13.2 Å². The number of alkyl halides is 3. The Labute approximate surface area is 208 Å². The topological polar surface area (TPSA) is 124 Å². The Kier molecular flexibility index (Phi) is 6.76. The molecule has 1 aliphatic heterocycles. The molecule has 1 amide bonds. The lowest BCUT2D eigenvalue weighted by Crippen LogP contribution is -2.41. The lowest BCUT2D eigenvalue weighted by molar-refractivity contribution is -0.137. The van der Waals surface area contributed by atoms with Crippen molar-refractivity contribution in [3.05, 3.63) is 65.7 Å². The van der Waals surface area contributed by atoms with Crippen LogP contribution in [0, 0.1) is 0 Å². The summed E-state index contributed by atoms with van der Waals surface area (Å²) in [5, 5.41) is 20.6. The van der Waals surface area contributed by atoms with Gasteiger partial charge in [-0.25, -0.2) is 0 Å². The van der Waals surface area contributed by atoms with Gasteiger partial charge in [0.25, 0.3) is 11.8 Å². The van der Waals surface area contributed by atoms with Gasteiger partial charge in [0.05, 0.1) is 0 Å². The van der Waals surface area contributed by atoms with Crippen molar-refractivity contribution >= 4 is 5.91 Å². The van der Waals surface area contributed by atoms with E-state index < -0.39 is 35.4 Å². The summed E-state index contributed by atoms with van der Waals surface area (Å²) in [7, 11) is 0. The van der Waals surface area contributed by atoms with Gasteiger partial charge in [-0.3, -0.25) is 4.79 Å². The van der Waals surface area contributed by atoms with Gasteiger partial charge in [-0.15, -0.1) is 0 Å². The first-order valence-electron chi connectivity index (χ1n) is 11.4. The molecular formula is C25H21F3N4O5. The largest absolute Gasteiger partial charge is 0.422 e. The molecule has 1 unspecified atom stereocenters. The molecule has 1 atom stereocenters. The van der Waals surface area contributed by atoms with Crippen molar-refractivity contribution in [3.8, 4) is 34.3 Å². The molecule has 12 heteroatoms. The molecule has 1 aliphatic rings. The number of aliphatic hydroxyl groups is 1. The van der Waals surface area contributed by atoms with Gasteiger partial charge < -0.3 is 24.2 Å². The number of carbonyl (C=O) groups is 1. The van der Waals surface area contributed by atoms with Crippen LogP contribution in [0.3, 0.4) is 0 Å². The summed E-state index contributed by atoms with van der Waals surface area (Å²) in [6.45, 7) is 1.10. The van der Waals surface area contributed by atoms with E-state index in [0.717, 1.165) is 0 Å². The van der Waals surface area contributed by atoms with Crippen molar-refractivity contribution in [3.63, 3.8) is 0 Å². The minimum Gasteiger partial charge on any atom is -0.381 e. The molecule has 5 rings (SSSR count). The minimum absolute atomic E-state index is 0.00603. The number of amides is 1. The molecule has 37 heavy (non-hydrogen) atoms. The zero-order valence-corrected chi connectivity index (χ0v) is 19.2. The fourth-order valence-electron chi connectivity index (χ4n) is 4.01. The third-order valence-electron chi connectivity index (χ3n) is 5.94. The molecule has 0 radical (unpaired) electrons. The van der Waals surface area contributed by atoms with Gasteiger partial charge in [0.1, 0.15) is 11.3 Å². The van der Waals surface area contributed by atoms with E-state index in [0.29, 0.717) is 37.2 Å². The maximum atomic E-state index is 13.9. The normalized spacial score (nSPS) is 15.5. The zero-order chi connectivity index (χ0) is 26.0. The first kappa shape index (κ1) is 24.7. The van der Waals surface area contributed by atoms with E-state index in [-0.39, 0.29) is 23.1 Å². The summed E-state index contributed by atoms with van der Waals surface area (Å²) in [4.78, 5) is 16.4. The van der Waals surface area contributed by atoms with Crippen molar-refractivity contribution in [1.82, 2.24) is 20.6 Å². The van der Waals surface area contributed by atoms with E-state index >= 15 is 0 Å². The Balaban J connectivity index is 1.36. The summed E-state index contributed by atoms with van der Waals surface area (Å²) < 4.78 is 57.1. The molecule has 0 aliphatic carbocycles. The lowest BCUT2D eigenvalue weighted by atomic mass is 10.0. The van der Waals surface area contributed by atoms with Crippen LogP contribution in [0.4, 0.5) is 13.2 Å². The van der Waals surface area contributed by atoms with Crippen LogP contribution in [0.25, 0.3) is 34.3 Å². The fraction of sp³-hybridized carbons (Fsp3) is 0.280. The third-order valence-corrected chi connectivity index (χ3v) is 5.94. The van der Waals surface area contributed by atoms with Crippen molar-refractivity contribution in [2.24, 2.45) is 0 Å². The first-order valence-corrected chi connectivity index (χ1v) is 11.4. The number of aromatic nitrogens is 3. The van der Waals surface area contributed by atoms with E-state index in [1.165, 1.54) is 36.4 Å². The maximum Gasteiger partial charge on any atom is 0.422 e. The summed E-state index contributed by atoms with van der Waals surface area (Å²) >= 11 is 0. The molecular weight excluding hydrogens is 493 g/mol. The van der Waals surface area contributed by atoms with Gasteiger partial charge in [0.2, 0.25) is 11.6 Å². The Morgan fingerprint density at radius 3 is 2.35 bits per heavy atom. The molecule has 0 bridgehead atoms. The molecule has 2 N–H and O–H groups in total. The number of carbonyl (C=O) groups excluding carboxylic acids is 1. The number of halogens is 3. The van der Waals surface area contributed by atoms with Crippen LogP contribution in [0.15, 0.2) is 63.6 Å². The van der Waals surface area contributed by atoms with Gasteiger partial charge in [-0.1, -0.05) is 64.9 Å². The van der Waals surface area contributed by atoms with Crippen LogP contribution in [0.1, 0.15) is 30.1 Å². The van der Waals surface area contributed by atoms with E-state index in [2.05, 4.69) is 20.6 Å². The summed E-state index contributed by atoms with van der Waals surface area (Å²) in [6, 6.07) is 13.8. The predicted molar refractivity (Wildman–Crippen MR) is 123 cm³/mol. The Morgan fingerprint density at radius 1 is 0.973 bits per heavy atom. The van der Waals surface area contributed by atoms with Crippen molar-refractivity contribution in [1.29, 1.82) is 0 Å². The van der Waals surface area contributed by atoms with Crippen LogP contribution in [0.2, 0.25) is 0 Å². The molecule has 0 spiro atoms. The lowest BCUT2D eigenvalue weighted by Gasteiger charge is -2.24. The highest BCUT2D eigenvalue weighted by molar-refractivity contribution is 5.82. The zero-order valence-electron chi connectivity index (χ0n) is 19.2. The number of hydrogen-bond donors (Lipinski definition) is 2. The van der Waals surface area contributed by atoms with Gasteiger partial charge in [-0.05, 0) is 18.4 Å². The second-order valence-corrected chi connectivity index (χ2v) is 8.44.